The standard InChI is InChI=1S/C17H24N2O/c1-13-7-5-6-8-15(13)11-19(4)12-16-9-14(2)17(20-16)10-18-3/h5-9,18H,10-12H2,1-4H3. The Kier molecular flexibility index (Phi) is 4.99. The van der Waals surface area contributed by atoms with Crippen LogP contribution in [0.25, 0.3) is 0 Å². The second kappa shape index (κ2) is 6.73. The molecule has 2 aromatic rings. The molecular weight excluding hydrogens is 248 g/mol. The molecule has 0 saturated carbocycles. The van der Waals surface area contributed by atoms with Crippen molar-refractivity contribution in [3.05, 3.63) is 58.5 Å². The van der Waals surface area contributed by atoms with Crippen LogP contribution in [0.3, 0.4) is 0 Å². The molecule has 1 heterocycles. The van der Waals surface area contributed by atoms with Gasteiger partial charge in [-0.25, -0.2) is 0 Å². The van der Waals surface area contributed by atoms with Crippen molar-refractivity contribution < 1.29 is 4.42 Å². The van der Waals surface area contributed by atoms with Crippen molar-refractivity contribution in [1.29, 1.82) is 0 Å². The van der Waals surface area contributed by atoms with Crippen molar-refractivity contribution in [3.8, 4) is 0 Å². The molecule has 1 N–H and O–H groups in total. The summed E-state index contributed by atoms with van der Waals surface area (Å²) in [5.74, 6) is 2.07. The van der Waals surface area contributed by atoms with Crippen molar-refractivity contribution in [2.45, 2.75) is 33.5 Å². The van der Waals surface area contributed by atoms with E-state index < -0.39 is 0 Å². The fraction of sp³-hybridized carbons (Fsp3) is 0.412. The summed E-state index contributed by atoms with van der Waals surface area (Å²) in [5.41, 5.74) is 3.93. The molecule has 3 nitrogen and oxygen atoms in total. The summed E-state index contributed by atoms with van der Waals surface area (Å²) >= 11 is 0. The molecule has 0 bridgehead atoms. The Balaban J connectivity index is 1.99. The van der Waals surface area contributed by atoms with Gasteiger partial charge in [0.05, 0.1) is 13.1 Å². The van der Waals surface area contributed by atoms with E-state index in [1.165, 1.54) is 16.7 Å². The summed E-state index contributed by atoms with van der Waals surface area (Å²) in [6.07, 6.45) is 0. The van der Waals surface area contributed by atoms with E-state index in [0.29, 0.717) is 0 Å². The zero-order chi connectivity index (χ0) is 14.5. The van der Waals surface area contributed by atoms with E-state index in [2.05, 4.69) is 61.4 Å². The van der Waals surface area contributed by atoms with E-state index in [9.17, 15) is 0 Å². The molecule has 1 aromatic carbocycles. The maximum Gasteiger partial charge on any atom is 0.120 e. The molecule has 0 atom stereocenters. The van der Waals surface area contributed by atoms with Crippen molar-refractivity contribution in [2.75, 3.05) is 14.1 Å². The molecule has 108 valence electrons. The SMILES string of the molecule is CNCc1oc(CN(C)Cc2ccccc2C)cc1C. The highest BCUT2D eigenvalue weighted by atomic mass is 16.3. The van der Waals surface area contributed by atoms with Crippen LogP contribution in [0, 0.1) is 13.8 Å². The zero-order valence-corrected chi connectivity index (χ0v) is 12.9. The number of nitrogens with zero attached hydrogens (tertiary/aromatic N) is 1. The molecule has 0 amide bonds. The van der Waals surface area contributed by atoms with Crippen molar-refractivity contribution in [1.82, 2.24) is 10.2 Å². The summed E-state index contributed by atoms with van der Waals surface area (Å²) < 4.78 is 5.89. The fourth-order valence-corrected chi connectivity index (χ4v) is 2.40. The van der Waals surface area contributed by atoms with Crippen molar-refractivity contribution >= 4 is 0 Å². The first kappa shape index (κ1) is 14.8. The maximum atomic E-state index is 5.89. The Labute approximate surface area is 121 Å². The lowest BCUT2D eigenvalue weighted by atomic mass is 10.1. The van der Waals surface area contributed by atoms with Gasteiger partial charge >= 0.3 is 0 Å². The number of benzene rings is 1. The van der Waals surface area contributed by atoms with Gasteiger partial charge in [-0.2, -0.15) is 0 Å². The number of rotatable bonds is 6. The van der Waals surface area contributed by atoms with E-state index in [1.807, 2.05) is 7.05 Å². The van der Waals surface area contributed by atoms with Gasteiger partial charge < -0.3 is 9.73 Å². The van der Waals surface area contributed by atoms with Gasteiger partial charge in [0.1, 0.15) is 11.5 Å². The molecule has 0 unspecified atom stereocenters. The van der Waals surface area contributed by atoms with Crippen LogP contribution in [-0.4, -0.2) is 19.0 Å². The van der Waals surface area contributed by atoms with E-state index in [4.69, 9.17) is 4.42 Å². The lowest BCUT2D eigenvalue weighted by Crippen LogP contribution is -2.17. The number of nitrogens with one attached hydrogen (secondary N) is 1. The first-order valence-electron chi connectivity index (χ1n) is 7.06. The fourth-order valence-electron chi connectivity index (χ4n) is 2.40. The maximum absolute atomic E-state index is 5.89. The van der Waals surface area contributed by atoms with E-state index >= 15 is 0 Å². The zero-order valence-electron chi connectivity index (χ0n) is 12.9. The number of aryl methyl sites for hydroxylation is 2. The normalized spacial score (nSPS) is 11.2. The minimum Gasteiger partial charge on any atom is -0.463 e. The van der Waals surface area contributed by atoms with Crippen LogP contribution in [0.1, 0.15) is 28.2 Å². The molecule has 2 rings (SSSR count). The highest BCUT2D eigenvalue weighted by Crippen LogP contribution is 2.17. The predicted molar refractivity (Wildman–Crippen MR) is 82.6 cm³/mol. The topological polar surface area (TPSA) is 28.4 Å². The van der Waals surface area contributed by atoms with E-state index in [0.717, 1.165) is 31.2 Å². The largest absolute Gasteiger partial charge is 0.463 e. The Bertz CT molecular complexity index is 560. The molecule has 0 aliphatic rings. The minimum absolute atomic E-state index is 0.785. The molecule has 20 heavy (non-hydrogen) atoms. The van der Waals surface area contributed by atoms with Crippen LogP contribution in [0.5, 0.6) is 0 Å². The van der Waals surface area contributed by atoms with Gasteiger partial charge in [-0.1, -0.05) is 24.3 Å². The number of hydrogen-bond donors (Lipinski definition) is 1. The van der Waals surface area contributed by atoms with Crippen molar-refractivity contribution in [2.24, 2.45) is 0 Å². The highest BCUT2D eigenvalue weighted by molar-refractivity contribution is 5.25. The quantitative estimate of drug-likeness (QED) is 0.875. The molecule has 0 radical (unpaired) electrons. The summed E-state index contributed by atoms with van der Waals surface area (Å²) in [7, 11) is 4.06. The lowest BCUT2D eigenvalue weighted by Gasteiger charge is -2.16. The van der Waals surface area contributed by atoms with Crippen LogP contribution in [-0.2, 0) is 19.6 Å². The average Bonchev–Trinajstić information content (AvgIpc) is 2.73. The first-order valence-corrected chi connectivity index (χ1v) is 7.06. The Morgan fingerprint density at radius 2 is 1.85 bits per heavy atom. The molecule has 0 aliphatic carbocycles. The Morgan fingerprint density at radius 1 is 1.10 bits per heavy atom. The second-order valence-corrected chi connectivity index (χ2v) is 5.45. The van der Waals surface area contributed by atoms with Crippen LogP contribution in [0.15, 0.2) is 34.7 Å². The van der Waals surface area contributed by atoms with Gasteiger partial charge in [0.25, 0.3) is 0 Å². The smallest absolute Gasteiger partial charge is 0.120 e. The molecule has 0 fully saturated rings. The molecule has 3 heteroatoms. The summed E-state index contributed by atoms with van der Waals surface area (Å²) in [5, 5.41) is 3.13. The van der Waals surface area contributed by atoms with Gasteiger partial charge in [-0.15, -0.1) is 0 Å². The van der Waals surface area contributed by atoms with Crippen LogP contribution in [0.2, 0.25) is 0 Å². The molecule has 1 aromatic heterocycles. The van der Waals surface area contributed by atoms with Gasteiger partial charge in [-0.3, -0.25) is 4.90 Å². The van der Waals surface area contributed by atoms with Gasteiger partial charge in [-0.05, 0) is 50.7 Å². The third kappa shape index (κ3) is 3.71. The second-order valence-electron chi connectivity index (χ2n) is 5.45. The average molecular weight is 272 g/mol. The number of hydrogen-bond acceptors (Lipinski definition) is 3. The highest BCUT2D eigenvalue weighted by Gasteiger charge is 2.10. The monoisotopic (exact) mass is 272 g/mol. The van der Waals surface area contributed by atoms with Crippen LogP contribution >= 0.6 is 0 Å². The minimum atomic E-state index is 0.785. The first-order chi connectivity index (χ1) is 9.60. The third-order valence-corrected chi connectivity index (χ3v) is 3.54. The van der Waals surface area contributed by atoms with E-state index in [1.54, 1.807) is 0 Å². The molecular formula is C17H24N2O. The van der Waals surface area contributed by atoms with Crippen molar-refractivity contribution in [3.63, 3.8) is 0 Å². The molecule has 0 spiro atoms. The predicted octanol–water partition coefficient (Wildman–Crippen LogP) is 3.25. The van der Waals surface area contributed by atoms with Crippen LogP contribution in [0.4, 0.5) is 0 Å². The molecule has 0 aliphatic heterocycles. The summed E-state index contributed by atoms with van der Waals surface area (Å²) in [6.45, 7) is 6.81. The third-order valence-electron chi connectivity index (χ3n) is 3.54. The number of furan rings is 1. The van der Waals surface area contributed by atoms with Gasteiger partial charge in [0.15, 0.2) is 0 Å². The summed E-state index contributed by atoms with van der Waals surface area (Å²) in [4.78, 5) is 2.28. The Hall–Kier alpha value is -1.58. The molecule has 0 saturated heterocycles. The lowest BCUT2D eigenvalue weighted by molar-refractivity contribution is 0.282. The summed E-state index contributed by atoms with van der Waals surface area (Å²) in [6, 6.07) is 10.7. The van der Waals surface area contributed by atoms with Gasteiger partial charge in [0, 0.05) is 6.54 Å². The Morgan fingerprint density at radius 3 is 2.55 bits per heavy atom. The van der Waals surface area contributed by atoms with Crippen LogP contribution < -0.4 is 5.32 Å². The van der Waals surface area contributed by atoms with E-state index in [-0.39, 0.29) is 0 Å². The van der Waals surface area contributed by atoms with Gasteiger partial charge in [0.2, 0.25) is 0 Å².